The van der Waals surface area contributed by atoms with Crippen molar-refractivity contribution in [2.45, 2.75) is 22.0 Å². The molecule has 1 unspecified atom stereocenters. The van der Waals surface area contributed by atoms with Crippen LogP contribution in [0, 0.1) is 6.92 Å². The van der Waals surface area contributed by atoms with Crippen molar-refractivity contribution in [3.63, 3.8) is 0 Å². The topological polar surface area (TPSA) is 0 Å². The Labute approximate surface area is 110 Å². The fourth-order valence-electron chi connectivity index (χ4n) is 1.74. The maximum atomic E-state index is 3.71. The van der Waals surface area contributed by atoms with E-state index in [2.05, 4.69) is 79.0 Å². The lowest BCUT2D eigenvalue weighted by molar-refractivity contribution is 0.807. The molecule has 1 saturated carbocycles. The Hall–Kier alpha value is 0.660. The van der Waals surface area contributed by atoms with Crippen LogP contribution in [0.25, 0.3) is 0 Å². The molecule has 0 bridgehead atoms. The van der Waals surface area contributed by atoms with Gasteiger partial charge in [-0.2, -0.15) is 0 Å². The molecule has 1 aromatic rings. The maximum Gasteiger partial charge on any atom is 0.0919 e. The Kier molecular flexibility index (Phi) is 2.87. The molecule has 0 saturated heterocycles. The average Bonchev–Trinajstić information content (AvgIpc) is 2.71. The Morgan fingerprint density at radius 1 is 1.21 bits per heavy atom. The number of aryl methyl sites for hydroxylation is 1. The van der Waals surface area contributed by atoms with Gasteiger partial charge in [0.1, 0.15) is 0 Å². The van der Waals surface area contributed by atoms with Gasteiger partial charge >= 0.3 is 0 Å². The zero-order valence-corrected chi connectivity index (χ0v) is 12.6. The molecule has 0 heterocycles. The van der Waals surface area contributed by atoms with E-state index in [0.29, 0.717) is 0 Å². The van der Waals surface area contributed by atoms with E-state index >= 15 is 0 Å². The summed E-state index contributed by atoms with van der Waals surface area (Å²) < 4.78 is 0.0890. The number of halogens is 3. The highest BCUT2D eigenvalue weighted by molar-refractivity contribution is 9.25. The van der Waals surface area contributed by atoms with E-state index < -0.39 is 0 Å². The minimum Gasteiger partial charge on any atom is -0.0918 e. The molecule has 0 radical (unpaired) electrons. The Bertz CT molecular complexity index is 342. The molecule has 76 valence electrons. The third-order valence-electron chi connectivity index (χ3n) is 2.93. The highest BCUT2D eigenvalue weighted by Gasteiger charge is 2.65. The molecule has 0 nitrogen and oxygen atoms in total. The van der Waals surface area contributed by atoms with Crippen LogP contribution in [-0.4, -0.2) is 8.56 Å². The first-order chi connectivity index (χ1) is 6.52. The van der Waals surface area contributed by atoms with Gasteiger partial charge in [-0.15, -0.1) is 0 Å². The molecular weight excluding hydrogens is 372 g/mol. The molecule has 1 aromatic carbocycles. The summed E-state index contributed by atoms with van der Waals surface area (Å²) in [6.07, 6.45) is 1.13. The fraction of sp³-hybridized carbons (Fsp3) is 0.455. The molecule has 2 rings (SSSR count). The smallest absolute Gasteiger partial charge is 0.0918 e. The molecule has 0 aliphatic heterocycles. The summed E-state index contributed by atoms with van der Waals surface area (Å²) >= 11 is 11.0. The molecule has 1 aliphatic carbocycles. The van der Waals surface area contributed by atoms with Crippen molar-refractivity contribution >= 4 is 47.8 Å². The lowest BCUT2D eigenvalue weighted by Gasteiger charge is -2.16. The summed E-state index contributed by atoms with van der Waals surface area (Å²) in [6, 6.07) is 8.80. The summed E-state index contributed by atoms with van der Waals surface area (Å²) in [5.41, 5.74) is 2.93. The van der Waals surface area contributed by atoms with Crippen molar-refractivity contribution in [2.24, 2.45) is 0 Å². The van der Waals surface area contributed by atoms with Crippen LogP contribution in [0.5, 0.6) is 0 Å². The first-order valence-corrected chi connectivity index (χ1v) is 7.23. The van der Waals surface area contributed by atoms with Crippen molar-refractivity contribution < 1.29 is 0 Å². The Morgan fingerprint density at radius 2 is 1.71 bits per heavy atom. The highest BCUT2D eigenvalue weighted by Crippen LogP contribution is 2.67. The van der Waals surface area contributed by atoms with Gasteiger partial charge in [-0.05, 0) is 18.9 Å². The molecule has 1 aliphatic rings. The van der Waals surface area contributed by atoms with Gasteiger partial charge in [0.05, 0.1) is 3.23 Å². The highest BCUT2D eigenvalue weighted by atomic mass is 79.9. The van der Waals surface area contributed by atoms with Crippen LogP contribution in [0.3, 0.4) is 0 Å². The van der Waals surface area contributed by atoms with E-state index in [1.807, 2.05) is 0 Å². The second-order valence-corrected chi connectivity index (χ2v) is 8.30. The molecular formula is C11H11Br3. The van der Waals surface area contributed by atoms with E-state index in [1.54, 1.807) is 0 Å². The Balaban J connectivity index is 2.36. The SMILES string of the molecule is Cc1ccc(C2(CBr)CC2(Br)Br)cc1. The van der Waals surface area contributed by atoms with Gasteiger partial charge in [0, 0.05) is 10.7 Å². The van der Waals surface area contributed by atoms with E-state index in [-0.39, 0.29) is 8.65 Å². The van der Waals surface area contributed by atoms with Crippen LogP contribution in [-0.2, 0) is 5.41 Å². The van der Waals surface area contributed by atoms with Crippen molar-refractivity contribution in [2.75, 3.05) is 5.33 Å². The van der Waals surface area contributed by atoms with Crippen LogP contribution in [0.4, 0.5) is 0 Å². The average molecular weight is 383 g/mol. The van der Waals surface area contributed by atoms with Gasteiger partial charge in [0.15, 0.2) is 0 Å². The summed E-state index contributed by atoms with van der Waals surface area (Å²) in [5.74, 6) is 0. The second kappa shape index (κ2) is 3.60. The maximum absolute atomic E-state index is 3.71. The van der Waals surface area contributed by atoms with Gasteiger partial charge < -0.3 is 0 Å². The molecule has 1 fully saturated rings. The normalized spacial score (nSPS) is 28.9. The van der Waals surface area contributed by atoms with E-state index in [4.69, 9.17) is 0 Å². The van der Waals surface area contributed by atoms with Gasteiger partial charge in [-0.3, -0.25) is 0 Å². The summed E-state index contributed by atoms with van der Waals surface area (Å²) in [5, 5.41) is 0.986. The third kappa shape index (κ3) is 1.61. The number of rotatable bonds is 2. The first-order valence-electron chi connectivity index (χ1n) is 4.53. The molecule has 0 amide bonds. The minimum atomic E-state index is 0.0890. The lowest BCUT2D eigenvalue weighted by atomic mass is 9.97. The second-order valence-electron chi connectivity index (χ2n) is 3.96. The predicted molar refractivity (Wildman–Crippen MR) is 71.9 cm³/mol. The lowest BCUT2D eigenvalue weighted by Crippen LogP contribution is -2.15. The first kappa shape index (κ1) is 11.2. The van der Waals surface area contributed by atoms with Crippen LogP contribution in [0.15, 0.2) is 24.3 Å². The van der Waals surface area contributed by atoms with Crippen molar-refractivity contribution in [3.8, 4) is 0 Å². The number of hydrogen-bond donors (Lipinski definition) is 0. The summed E-state index contributed by atoms with van der Waals surface area (Å²) in [4.78, 5) is 0. The molecule has 0 spiro atoms. The third-order valence-corrected chi connectivity index (χ3v) is 5.97. The van der Waals surface area contributed by atoms with Gasteiger partial charge in [0.2, 0.25) is 0 Å². The number of benzene rings is 1. The number of hydrogen-bond acceptors (Lipinski definition) is 0. The number of alkyl halides is 3. The van der Waals surface area contributed by atoms with Crippen molar-refractivity contribution in [1.29, 1.82) is 0 Å². The van der Waals surface area contributed by atoms with Gasteiger partial charge in [-0.25, -0.2) is 0 Å². The Morgan fingerprint density at radius 3 is 2.07 bits per heavy atom. The van der Waals surface area contributed by atoms with Crippen molar-refractivity contribution in [1.82, 2.24) is 0 Å². The molecule has 3 heteroatoms. The quantitative estimate of drug-likeness (QED) is 0.660. The zero-order valence-electron chi connectivity index (χ0n) is 7.86. The van der Waals surface area contributed by atoms with Crippen LogP contribution in [0.1, 0.15) is 17.5 Å². The monoisotopic (exact) mass is 380 g/mol. The predicted octanol–water partition coefficient (Wildman–Crippen LogP) is 4.52. The van der Waals surface area contributed by atoms with Gasteiger partial charge in [0.25, 0.3) is 0 Å². The molecule has 14 heavy (non-hydrogen) atoms. The van der Waals surface area contributed by atoms with Crippen LogP contribution in [0.2, 0.25) is 0 Å². The van der Waals surface area contributed by atoms with Crippen LogP contribution >= 0.6 is 47.8 Å². The molecule has 1 atom stereocenters. The fourth-order valence-corrected chi connectivity index (χ4v) is 5.19. The van der Waals surface area contributed by atoms with Crippen LogP contribution < -0.4 is 0 Å². The molecule has 0 N–H and O–H groups in total. The molecule has 0 aromatic heterocycles. The van der Waals surface area contributed by atoms with E-state index in [0.717, 1.165) is 11.8 Å². The summed E-state index contributed by atoms with van der Waals surface area (Å²) in [7, 11) is 0. The summed E-state index contributed by atoms with van der Waals surface area (Å²) in [6.45, 7) is 2.12. The standard InChI is InChI=1S/C11H11Br3/c1-8-2-4-9(5-3-8)10(7-12)6-11(10,13)14/h2-5H,6-7H2,1H3. The van der Waals surface area contributed by atoms with E-state index in [9.17, 15) is 0 Å². The zero-order chi connectivity index (χ0) is 10.4. The van der Waals surface area contributed by atoms with E-state index in [1.165, 1.54) is 11.1 Å². The van der Waals surface area contributed by atoms with Gasteiger partial charge in [-0.1, -0.05) is 77.6 Å². The largest absolute Gasteiger partial charge is 0.0919 e. The van der Waals surface area contributed by atoms with Crippen molar-refractivity contribution in [3.05, 3.63) is 35.4 Å². The minimum absolute atomic E-state index is 0.0890.